The van der Waals surface area contributed by atoms with Gasteiger partial charge in [0.1, 0.15) is 5.75 Å². The van der Waals surface area contributed by atoms with Gasteiger partial charge in [-0.15, -0.1) is 24.0 Å². The second kappa shape index (κ2) is 12.1. The summed E-state index contributed by atoms with van der Waals surface area (Å²) in [6.07, 6.45) is 0. The van der Waals surface area contributed by atoms with Crippen LogP contribution in [0.1, 0.15) is 11.1 Å². The van der Waals surface area contributed by atoms with E-state index in [0.29, 0.717) is 17.2 Å². The minimum Gasteiger partial charge on any atom is -0.434 e. The molecule has 0 fully saturated rings. The predicted molar refractivity (Wildman–Crippen MR) is 116 cm³/mol. The molecule has 0 spiro atoms. The second-order valence-electron chi connectivity index (χ2n) is 5.68. The summed E-state index contributed by atoms with van der Waals surface area (Å²) >= 11 is 0. The van der Waals surface area contributed by atoms with Gasteiger partial charge in [-0.05, 0) is 25.1 Å². The molecule has 0 unspecified atom stereocenters. The molecule has 0 heterocycles. The van der Waals surface area contributed by atoms with E-state index >= 15 is 0 Å². The van der Waals surface area contributed by atoms with Crippen LogP contribution in [0.15, 0.2) is 53.5 Å². The number of amides is 1. The predicted octanol–water partition coefficient (Wildman–Crippen LogP) is 3.52. The van der Waals surface area contributed by atoms with Gasteiger partial charge in [-0.2, -0.15) is 8.78 Å². The zero-order valence-electron chi connectivity index (χ0n) is 15.5. The van der Waals surface area contributed by atoms with Gasteiger partial charge >= 0.3 is 6.61 Å². The van der Waals surface area contributed by atoms with Crippen molar-refractivity contribution in [2.75, 3.05) is 18.9 Å². The molecule has 0 atom stereocenters. The molecule has 0 saturated carbocycles. The Morgan fingerprint density at radius 1 is 1.14 bits per heavy atom. The molecular weight excluding hydrogens is 481 g/mol. The van der Waals surface area contributed by atoms with Crippen molar-refractivity contribution in [1.82, 2.24) is 10.6 Å². The van der Waals surface area contributed by atoms with Crippen LogP contribution < -0.4 is 20.7 Å². The quantitative estimate of drug-likeness (QED) is 0.307. The first-order valence-electron chi connectivity index (χ1n) is 8.31. The summed E-state index contributed by atoms with van der Waals surface area (Å²) in [6.45, 7) is -0.825. The van der Waals surface area contributed by atoms with E-state index in [1.807, 2.05) is 25.1 Å². The number of aliphatic imine (C=N–C) groups is 1. The molecule has 0 bridgehead atoms. The first kappa shape index (κ1) is 23.6. The number of carbonyl (C=O) groups excluding carboxylic acids is 1. The lowest BCUT2D eigenvalue weighted by molar-refractivity contribution is -0.115. The highest BCUT2D eigenvalue weighted by Crippen LogP contribution is 2.21. The van der Waals surface area contributed by atoms with Crippen molar-refractivity contribution >= 4 is 41.5 Å². The second-order valence-corrected chi connectivity index (χ2v) is 5.68. The molecule has 9 heteroatoms. The first-order valence-corrected chi connectivity index (χ1v) is 8.31. The van der Waals surface area contributed by atoms with Crippen LogP contribution in [0.5, 0.6) is 5.75 Å². The van der Waals surface area contributed by atoms with E-state index in [0.717, 1.165) is 5.56 Å². The lowest BCUT2D eigenvalue weighted by Gasteiger charge is -2.15. The molecule has 2 rings (SSSR count). The Bertz CT molecular complexity index is 789. The van der Waals surface area contributed by atoms with Gasteiger partial charge in [0.15, 0.2) is 5.96 Å². The molecule has 1 amide bonds. The Morgan fingerprint density at radius 3 is 2.50 bits per heavy atom. The summed E-state index contributed by atoms with van der Waals surface area (Å²) in [7, 11) is 1.55. The topological polar surface area (TPSA) is 74.8 Å². The van der Waals surface area contributed by atoms with Crippen molar-refractivity contribution in [3.05, 3.63) is 59.7 Å². The van der Waals surface area contributed by atoms with E-state index < -0.39 is 6.61 Å². The minimum absolute atomic E-state index is 0. The molecular formula is C19H23F2IN4O2. The molecule has 0 aliphatic heterocycles. The monoisotopic (exact) mass is 504 g/mol. The number of aryl methyl sites for hydroxylation is 1. The van der Waals surface area contributed by atoms with Crippen LogP contribution in [0.4, 0.5) is 14.5 Å². The lowest BCUT2D eigenvalue weighted by atomic mass is 10.1. The smallest absolute Gasteiger partial charge is 0.387 e. The third kappa shape index (κ3) is 8.07. The van der Waals surface area contributed by atoms with Crippen molar-refractivity contribution in [1.29, 1.82) is 0 Å². The Hall–Kier alpha value is -2.43. The number of ether oxygens (including phenoxy) is 1. The highest BCUT2D eigenvalue weighted by molar-refractivity contribution is 14.0. The normalized spacial score (nSPS) is 10.8. The summed E-state index contributed by atoms with van der Waals surface area (Å²) in [5, 5.41) is 8.60. The number of nitrogens with one attached hydrogen (secondary N) is 3. The number of hydrogen-bond donors (Lipinski definition) is 3. The van der Waals surface area contributed by atoms with Crippen molar-refractivity contribution < 1.29 is 18.3 Å². The molecule has 0 aromatic heterocycles. The van der Waals surface area contributed by atoms with E-state index in [-0.39, 0.29) is 48.7 Å². The summed E-state index contributed by atoms with van der Waals surface area (Å²) in [5.74, 6) is 0.226. The first-order chi connectivity index (χ1) is 13.0. The Kier molecular flexibility index (Phi) is 10.2. The number of nitrogens with zero attached hydrogens (tertiary/aromatic N) is 1. The number of alkyl halides is 2. The van der Waals surface area contributed by atoms with Crippen LogP contribution in [0.25, 0.3) is 0 Å². The standard InChI is InChI=1S/C19H22F2N4O2.HI/c1-13-8-9-16(27-18(20)21)14(10-13)11-23-19(22-2)24-12-17(26)25-15-6-4-3-5-7-15;/h3-10,18H,11-12H2,1-2H3,(H,25,26)(H2,22,23,24);1H. The maximum atomic E-state index is 12.5. The van der Waals surface area contributed by atoms with E-state index in [1.165, 1.54) is 6.07 Å². The molecule has 152 valence electrons. The summed E-state index contributed by atoms with van der Waals surface area (Å²) in [5.41, 5.74) is 2.17. The maximum Gasteiger partial charge on any atom is 0.387 e. The number of benzene rings is 2. The third-order valence-electron chi connectivity index (χ3n) is 3.58. The Labute approximate surface area is 179 Å². The molecule has 0 aliphatic rings. The van der Waals surface area contributed by atoms with E-state index in [4.69, 9.17) is 0 Å². The van der Waals surface area contributed by atoms with Crippen molar-refractivity contribution in [2.45, 2.75) is 20.1 Å². The number of rotatable bonds is 7. The average molecular weight is 504 g/mol. The number of para-hydroxylation sites is 1. The van der Waals surface area contributed by atoms with Crippen LogP contribution >= 0.6 is 24.0 Å². The molecule has 2 aromatic carbocycles. The number of guanidine groups is 1. The van der Waals surface area contributed by atoms with Crippen LogP contribution in [-0.4, -0.2) is 32.1 Å². The van der Waals surface area contributed by atoms with Gasteiger partial charge in [0.05, 0.1) is 6.54 Å². The average Bonchev–Trinajstić information content (AvgIpc) is 2.64. The lowest BCUT2D eigenvalue weighted by Crippen LogP contribution is -2.41. The summed E-state index contributed by atoms with van der Waals surface area (Å²) in [6, 6.07) is 14.0. The number of anilines is 1. The van der Waals surface area contributed by atoms with Crippen LogP contribution in [0.2, 0.25) is 0 Å². The maximum absolute atomic E-state index is 12.5. The molecule has 6 nitrogen and oxygen atoms in total. The molecule has 0 saturated heterocycles. The van der Waals surface area contributed by atoms with Crippen LogP contribution in [0, 0.1) is 6.92 Å². The molecule has 0 radical (unpaired) electrons. The zero-order chi connectivity index (χ0) is 19.6. The zero-order valence-corrected chi connectivity index (χ0v) is 17.9. The number of carbonyl (C=O) groups is 1. The van der Waals surface area contributed by atoms with Crippen molar-refractivity contribution in [3.63, 3.8) is 0 Å². The van der Waals surface area contributed by atoms with Gasteiger partial charge in [0.25, 0.3) is 0 Å². The number of hydrogen-bond acceptors (Lipinski definition) is 3. The molecule has 28 heavy (non-hydrogen) atoms. The van der Waals surface area contributed by atoms with Crippen molar-refractivity contribution in [3.8, 4) is 5.75 Å². The summed E-state index contributed by atoms with van der Waals surface area (Å²) in [4.78, 5) is 16.0. The Morgan fingerprint density at radius 2 is 1.86 bits per heavy atom. The Balaban J connectivity index is 0.00000392. The van der Waals surface area contributed by atoms with E-state index in [2.05, 4.69) is 25.7 Å². The number of halogens is 3. The van der Waals surface area contributed by atoms with Gasteiger partial charge in [-0.1, -0.05) is 35.9 Å². The van der Waals surface area contributed by atoms with Gasteiger partial charge < -0.3 is 20.7 Å². The molecule has 2 aromatic rings. The van der Waals surface area contributed by atoms with E-state index in [1.54, 1.807) is 31.3 Å². The van der Waals surface area contributed by atoms with Crippen LogP contribution in [0.3, 0.4) is 0 Å². The molecule has 0 aliphatic carbocycles. The van der Waals surface area contributed by atoms with Gasteiger partial charge in [-0.3, -0.25) is 9.79 Å². The fraction of sp³-hybridized carbons (Fsp3) is 0.263. The van der Waals surface area contributed by atoms with Gasteiger partial charge in [0, 0.05) is 24.8 Å². The van der Waals surface area contributed by atoms with Gasteiger partial charge in [0.2, 0.25) is 5.91 Å². The van der Waals surface area contributed by atoms with E-state index in [9.17, 15) is 13.6 Å². The largest absolute Gasteiger partial charge is 0.434 e. The highest BCUT2D eigenvalue weighted by Gasteiger charge is 2.11. The van der Waals surface area contributed by atoms with Crippen LogP contribution in [-0.2, 0) is 11.3 Å². The fourth-order valence-corrected chi connectivity index (χ4v) is 2.35. The molecule has 3 N–H and O–H groups in total. The SMILES string of the molecule is CN=C(NCC(=O)Nc1ccccc1)NCc1cc(C)ccc1OC(F)F.I. The van der Waals surface area contributed by atoms with Crippen molar-refractivity contribution in [2.24, 2.45) is 4.99 Å². The summed E-state index contributed by atoms with van der Waals surface area (Å²) < 4.78 is 29.6. The fourth-order valence-electron chi connectivity index (χ4n) is 2.35. The minimum atomic E-state index is -2.90. The third-order valence-corrected chi connectivity index (χ3v) is 3.58. The highest BCUT2D eigenvalue weighted by atomic mass is 127. The van der Waals surface area contributed by atoms with Gasteiger partial charge in [-0.25, -0.2) is 0 Å².